The number of thioether (sulfide) groups is 1. The van der Waals surface area contributed by atoms with Crippen LogP contribution in [-0.2, 0) is 0 Å². The van der Waals surface area contributed by atoms with Crippen LogP contribution in [0.4, 0.5) is 0 Å². The summed E-state index contributed by atoms with van der Waals surface area (Å²) in [6, 6.07) is 1.44. The molecule has 0 aromatic rings. The van der Waals surface area contributed by atoms with E-state index in [1.54, 1.807) is 0 Å². The lowest BCUT2D eigenvalue weighted by Crippen LogP contribution is -2.41. The molecule has 1 rings (SSSR count). The predicted octanol–water partition coefficient (Wildman–Crippen LogP) is 2.20. The first-order valence-electron chi connectivity index (χ1n) is 6.20. The highest BCUT2D eigenvalue weighted by molar-refractivity contribution is 7.98. The molecule has 0 aromatic carbocycles. The largest absolute Gasteiger partial charge is 0.313 e. The van der Waals surface area contributed by atoms with E-state index in [1.807, 2.05) is 11.8 Å². The van der Waals surface area contributed by atoms with Gasteiger partial charge in [0.25, 0.3) is 0 Å². The van der Waals surface area contributed by atoms with Crippen molar-refractivity contribution in [3.63, 3.8) is 0 Å². The summed E-state index contributed by atoms with van der Waals surface area (Å²) >= 11 is 1.96. The fraction of sp³-hybridized carbons (Fsp3) is 1.00. The fourth-order valence-corrected chi connectivity index (χ4v) is 2.59. The Morgan fingerprint density at radius 1 is 1.47 bits per heavy atom. The van der Waals surface area contributed by atoms with Crippen molar-refractivity contribution in [1.29, 1.82) is 0 Å². The molecule has 1 aliphatic heterocycles. The van der Waals surface area contributed by atoms with Crippen LogP contribution in [0.15, 0.2) is 0 Å². The standard InChI is InChI=1S/C12H26N2S/c1-11(2)14(8-5-9-15-3)10-12-6-4-7-13-12/h11-13H,4-10H2,1-3H3. The Morgan fingerprint density at radius 2 is 2.27 bits per heavy atom. The van der Waals surface area contributed by atoms with Gasteiger partial charge in [-0.1, -0.05) is 0 Å². The summed E-state index contributed by atoms with van der Waals surface area (Å²) in [6.45, 7) is 8.35. The molecule has 90 valence electrons. The average molecular weight is 230 g/mol. The van der Waals surface area contributed by atoms with Crippen LogP contribution in [-0.4, -0.2) is 48.6 Å². The predicted molar refractivity (Wildman–Crippen MR) is 70.7 cm³/mol. The zero-order chi connectivity index (χ0) is 11.1. The van der Waals surface area contributed by atoms with Crippen molar-refractivity contribution in [3.05, 3.63) is 0 Å². The summed E-state index contributed by atoms with van der Waals surface area (Å²) in [5.74, 6) is 1.29. The van der Waals surface area contributed by atoms with E-state index < -0.39 is 0 Å². The first-order chi connectivity index (χ1) is 7.24. The van der Waals surface area contributed by atoms with E-state index in [1.165, 1.54) is 44.6 Å². The van der Waals surface area contributed by atoms with Crippen LogP contribution in [0.2, 0.25) is 0 Å². The summed E-state index contributed by atoms with van der Waals surface area (Å²) in [6.07, 6.45) is 6.25. The maximum absolute atomic E-state index is 3.59. The Hall–Kier alpha value is 0.270. The SMILES string of the molecule is CSCCCN(CC1CCCN1)C(C)C. The van der Waals surface area contributed by atoms with E-state index in [2.05, 4.69) is 30.3 Å². The van der Waals surface area contributed by atoms with Crippen LogP contribution in [0.25, 0.3) is 0 Å². The maximum atomic E-state index is 3.59. The number of nitrogens with one attached hydrogen (secondary N) is 1. The van der Waals surface area contributed by atoms with Crippen molar-refractivity contribution in [1.82, 2.24) is 10.2 Å². The normalized spacial score (nSPS) is 21.8. The lowest BCUT2D eigenvalue weighted by Gasteiger charge is -2.29. The van der Waals surface area contributed by atoms with Crippen molar-refractivity contribution in [3.8, 4) is 0 Å². The number of nitrogens with zero attached hydrogens (tertiary/aromatic N) is 1. The van der Waals surface area contributed by atoms with Crippen LogP contribution in [0.1, 0.15) is 33.1 Å². The van der Waals surface area contributed by atoms with Gasteiger partial charge in [-0.25, -0.2) is 0 Å². The first-order valence-corrected chi connectivity index (χ1v) is 7.59. The highest BCUT2D eigenvalue weighted by atomic mass is 32.2. The highest BCUT2D eigenvalue weighted by Crippen LogP contribution is 2.10. The Balaban J connectivity index is 2.22. The third-order valence-electron chi connectivity index (χ3n) is 3.14. The summed E-state index contributed by atoms with van der Waals surface area (Å²) in [5.41, 5.74) is 0. The van der Waals surface area contributed by atoms with Crippen LogP contribution in [0, 0.1) is 0 Å². The van der Waals surface area contributed by atoms with E-state index in [0.29, 0.717) is 6.04 Å². The van der Waals surface area contributed by atoms with Gasteiger partial charge in [0.05, 0.1) is 0 Å². The van der Waals surface area contributed by atoms with E-state index in [4.69, 9.17) is 0 Å². The molecule has 0 aliphatic carbocycles. The van der Waals surface area contributed by atoms with Crippen molar-refractivity contribution in [2.45, 2.75) is 45.2 Å². The molecule has 2 nitrogen and oxygen atoms in total. The lowest BCUT2D eigenvalue weighted by atomic mass is 10.2. The fourth-order valence-electron chi connectivity index (χ4n) is 2.17. The number of hydrogen-bond acceptors (Lipinski definition) is 3. The maximum Gasteiger partial charge on any atom is 0.0195 e. The van der Waals surface area contributed by atoms with Crippen LogP contribution >= 0.6 is 11.8 Å². The Kier molecular flexibility index (Phi) is 6.69. The van der Waals surface area contributed by atoms with Gasteiger partial charge in [-0.2, -0.15) is 11.8 Å². The molecule has 0 spiro atoms. The molecule has 0 radical (unpaired) electrons. The molecule has 1 saturated heterocycles. The molecule has 0 amide bonds. The molecule has 0 bridgehead atoms. The summed E-state index contributed by atoms with van der Waals surface area (Å²) < 4.78 is 0. The van der Waals surface area contributed by atoms with Gasteiger partial charge in [0.15, 0.2) is 0 Å². The van der Waals surface area contributed by atoms with Gasteiger partial charge in [-0.05, 0) is 58.2 Å². The van der Waals surface area contributed by atoms with E-state index in [-0.39, 0.29) is 0 Å². The third kappa shape index (κ3) is 5.23. The molecule has 15 heavy (non-hydrogen) atoms. The molecule has 1 unspecified atom stereocenters. The number of rotatable bonds is 7. The zero-order valence-electron chi connectivity index (χ0n) is 10.5. The minimum absolute atomic E-state index is 0.689. The highest BCUT2D eigenvalue weighted by Gasteiger charge is 2.18. The van der Waals surface area contributed by atoms with Gasteiger partial charge >= 0.3 is 0 Å². The first kappa shape index (κ1) is 13.3. The zero-order valence-corrected chi connectivity index (χ0v) is 11.3. The Bertz CT molecular complexity index is 156. The molecule has 1 N–H and O–H groups in total. The molecule has 1 heterocycles. The van der Waals surface area contributed by atoms with Gasteiger partial charge in [0, 0.05) is 18.6 Å². The molecule has 0 aromatic heterocycles. The van der Waals surface area contributed by atoms with E-state index >= 15 is 0 Å². The second-order valence-electron chi connectivity index (χ2n) is 4.73. The molecule has 0 saturated carbocycles. The average Bonchev–Trinajstić information content (AvgIpc) is 2.69. The van der Waals surface area contributed by atoms with Crippen molar-refractivity contribution in [2.75, 3.05) is 31.6 Å². The molecule has 1 fully saturated rings. The van der Waals surface area contributed by atoms with Gasteiger partial charge in [-0.15, -0.1) is 0 Å². The Morgan fingerprint density at radius 3 is 2.80 bits per heavy atom. The summed E-state index contributed by atoms with van der Waals surface area (Å²) in [4.78, 5) is 2.62. The van der Waals surface area contributed by atoms with Gasteiger partial charge in [0.2, 0.25) is 0 Å². The number of hydrogen-bond donors (Lipinski definition) is 1. The molecule has 3 heteroatoms. The minimum Gasteiger partial charge on any atom is -0.313 e. The van der Waals surface area contributed by atoms with E-state index in [9.17, 15) is 0 Å². The summed E-state index contributed by atoms with van der Waals surface area (Å²) in [5, 5.41) is 3.59. The molecular weight excluding hydrogens is 204 g/mol. The minimum atomic E-state index is 0.689. The van der Waals surface area contributed by atoms with Crippen LogP contribution < -0.4 is 5.32 Å². The van der Waals surface area contributed by atoms with Crippen molar-refractivity contribution >= 4 is 11.8 Å². The topological polar surface area (TPSA) is 15.3 Å². The third-order valence-corrected chi connectivity index (χ3v) is 3.84. The molecule has 1 atom stereocenters. The quantitative estimate of drug-likeness (QED) is 0.675. The van der Waals surface area contributed by atoms with Gasteiger partial charge in [0.1, 0.15) is 0 Å². The van der Waals surface area contributed by atoms with Gasteiger partial charge < -0.3 is 5.32 Å². The van der Waals surface area contributed by atoms with Crippen LogP contribution in [0.5, 0.6) is 0 Å². The summed E-state index contributed by atoms with van der Waals surface area (Å²) in [7, 11) is 0. The van der Waals surface area contributed by atoms with E-state index in [0.717, 1.165) is 6.04 Å². The molecular formula is C12H26N2S. The van der Waals surface area contributed by atoms with Crippen LogP contribution in [0.3, 0.4) is 0 Å². The van der Waals surface area contributed by atoms with Crippen molar-refractivity contribution < 1.29 is 0 Å². The second kappa shape index (κ2) is 7.53. The second-order valence-corrected chi connectivity index (χ2v) is 5.71. The lowest BCUT2D eigenvalue weighted by molar-refractivity contribution is 0.203. The Labute approximate surface area is 99.2 Å². The molecule has 1 aliphatic rings. The monoisotopic (exact) mass is 230 g/mol. The smallest absolute Gasteiger partial charge is 0.0195 e. The van der Waals surface area contributed by atoms with Crippen molar-refractivity contribution in [2.24, 2.45) is 0 Å². The van der Waals surface area contributed by atoms with Gasteiger partial charge in [-0.3, -0.25) is 4.90 Å².